The lowest BCUT2D eigenvalue weighted by Gasteiger charge is -2.13. The van der Waals surface area contributed by atoms with E-state index >= 15 is 0 Å². The number of hydrazone groups is 1. The zero-order valence-corrected chi connectivity index (χ0v) is 9.90. The molecule has 17 heavy (non-hydrogen) atoms. The smallest absolute Gasteiger partial charge is 0.286 e. The first-order valence-corrected chi connectivity index (χ1v) is 6.31. The van der Waals surface area contributed by atoms with Crippen molar-refractivity contribution in [1.82, 2.24) is 0 Å². The Bertz CT molecular complexity index is 590. The van der Waals surface area contributed by atoms with Crippen LogP contribution in [0.4, 0.5) is 5.69 Å². The van der Waals surface area contributed by atoms with Crippen LogP contribution in [0.25, 0.3) is 0 Å². The standard InChI is InChI=1S/C10H11N3O3S/c1-7-6-10(11)13(12-7)8-2-4-9(5-3-8)17(14,15)16/h2-5,11H,6H2,1H3,(H,14,15,16). The minimum Gasteiger partial charge on any atom is -0.286 e. The third-order valence-electron chi connectivity index (χ3n) is 2.33. The fraction of sp³-hybridized carbons (Fsp3) is 0.200. The first kappa shape index (κ1) is 11.7. The van der Waals surface area contributed by atoms with Crippen LogP contribution in [0.3, 0.4) is 0 Å². The number of hydrogen-bond acceptors (Lipinski definition) is 4. The van der Waals surface area contributed by atoms with E-state index in [1.807, 2.05) is 6.92 Å². The van der Waals surface area contributed by atoms with Gasteiger partial charge in [0.05, 0.1) is 10.6 Å². The van der Waals surface area contributed by atoms with Crippen molar-refractivity contribution in [2.45, 2.75) is 18.2 Å². The highest BCUT2D eigenvalue weighted by Gasteiger charge is 2.19. The van der Waals surface area contributed by atoms with E-state index in [-0.39, 0.29) is 4.90 Å². The molecule has 0 unspecified atom stereocenters. The molecule has 90 valence electrons. The minimum absolute atomic E-state index is 0.173. The molecule has 0 bridgehead atoms. The molecule has 1 aromatic carbocycles. The Labute approximate surface area is 98.8 Å². The second kappa shape index (κ2) is 3.94. The Morgan fingerprint density at radius 2 is 1.94 bits per heavy atom. The molecular weight excluding hydrogens is 242 g/mol. The summed E-state index contributed by atoms with van der Waals surface area (Å²) in [5.74, 6) is 0.335. The van der Waals surface area contributed by atoms with Gasteiger partial charge in [-0.1, -0.05) is 0 Å². The van der Waals surface area contributed by atoms with Crippen LogP contribution in [0, 0.1) is 5.41 Å². The Morgan fingerprint density at radius 1 is 1.35 bits per heavy atom. The second-order valence-corrected chi connectivity index (χ2v) is 5.16. The fourth-order valence-corrected chi connectivity index (χ4v) is 2.04. The lowest BCUT2D eigenvalue weighted by atomic mass is 10.3. The normalized spacial score (nSPS) is 16.2. The van der Waals surface area contributed by atoms with E-state index in [4.69, 9.17) is 9.96 Å². The van der Waals surface area contributed by atoms with Gasteiger partial charge in [0, 0.05) is 12.1 Å². The van der Waals surface area contributed by atoms with Crippen molar-refractivity contribution < 1.29 is 13.0 Å². The molecular formula is C10H11N3O3S. The minimum atomic E-state index is -4.18. The van der Waals surface area contributed by atoms with Gasteiger partial charge in [-0.05, 0) is 31.2 Å². The molecule has 6 nitrogen and oxygen atoms in total. The van der Waals surface area contributed by atoms with Gasteiger partial charge >= 0.3 is 0 Å². The van der Waals surface area contributed by atoms with Crippen molar-refractivity contribution in [3.8, 4) is 0 Å². The maximum absolute atomic E-state index is 10.9. The van der Waals surface area contributed by atoms with Crippen molar-refractivity contribution in [2.24, 2.45) is 5.10 Å². The molecule has 0 radical (unpaired) electrons. The van der Waals surface area contributed by atoms with Crippen LogP contribution in [-0.2, 0) is 10.1 Å². The summed E-state index contributed by atoms with van der Waals surface area (Å²) in [6, 6.07) is 5.56. The van der Waals surface area contributed by atoms with Crippen LogP contribution in [-0.4, -0.2) is 24.5 Å². The SMILES string of the molecule is CC1=NN(c2ccc(S(=O)(=O)O)cc2)C(=N)C1. The molecule has 0 aromatic heterocycles. The molecule has 2 rings (SSSR count). The molecule has 0 atom stereocenters. The Morgan fingerprint density at radius 3 is 2.35 bits per heavy atom. The number of anilines is 1. The van der Waals surface area contributed by atoms with Gasteiger partial charge in [-0.3, -0.25) is 9.96 Å². The predicted molar refractivity (Wildman–Crippen MR) is 64.2 cm³/mol. The van der Waals surface area contributed by atoms with Gasteiger partial charge < -0.3 is 0 Å². The van der Waals surface area contributed by atoms with Gasteiger partial charge in [-0.15, -0.1) is 0 Å². The maximum atomic E-state index is 10.9. The number of amidine groups is 1. The highest BCUT2D eigenvalue weighted by molar-refractivity contribution is 7.85. The Kier molecular flexibility index (Phi) is 2.72. The van der Waals surface area contributed by atoms with Gasteiger partial charge in [0.15, 0.2) is 0 Å². The number of hydrogen-bond donors (Lipinski definition) is 2. The van der Waals surface area contributed by atoms with Crippen molar-refractivity contribution >= 4 is 27.4 Å². The molecule has 0 amide bonds. The number of benzene rings is 1. The van der Waals surface area contributed by atoms with E-state index in [1.54, 1.807) is 0 Å². The summed E-state index contributed by atoms with van der Waals surface area (Å²) in [5, 5.41) is 13.3. The van der Waals surface area contributed by atoms with Crippen molar-refractivity contribution in [1.29, 1.82) is 5.41 Å². The average Bonchev–Trinajstić information content (AvgIpc) is 2.57. The Hall–Kier alpha value is -1.73. The lowest BCUT2D eigenvalue weighted by Crippen LogP contribution is -2.18. The number of nitrogens with zero attached hydrogens (tertiary/aromatic N) is 2. The van der Waals surface area contributed by atoms with Crippen LogP contribution < -0.4 is 5.01 Å². The van der Waals surface area contributed by atoms with Crippen molar-refractivity contribution in [2.75, 3.05) is 5.01 Å². The molecule has 2 N–H and O–H groups in total. The quantitative estimate of drug-likeness (QED) is 0.781. The number of rotatable bonds is 2. The average molecular weight is 253 g/mol. The molecule has 7 heteroatoms. The first-order chi connectivity index (χ1) is 7.88. The fourth-order valence-electron chi connectivity index (χ4n) is 1.56. The third-order valence-corrected chi connectivity index (χ3v) is 3.20. The molecule has 1 aromatic rings. The molecule has 0 fully saturated rings. The number of nitrogens with one attached hydrogen (secondary N) is 1. The molecule has 1 aliphatic rings. The highest BCUT2D eigenvalue weighted by atomic mass is 32.2. The predicted octanol–water partition coefficient (Wildman–Crippen LogP) is 1.50. The van der Waals surface area contributed by atoms with Crippen LogP contribution in [0.2, 0.25) is 0 Å². The third kappa shape index (κ3) is 2.34. The van der Waals surface area contributed by atoms with Crippen molar-refractivity contribution in [3.05, 3.63) is 24.3 Å². The zero-order valence-electron chi connectivity index (χ0n) is 9.08. The monoisotopic (exact) mass is 253 g/mol. The topological polar surface area (TPSA) is 93.8 Å². The van der Waals surface area contributed by atoms with Gasteiger partial charge in [-0.2, -0.15) is 13.5 Å². The molecule has 1 heterocycles. The first-order valence-electron chi connectivity index (χ1n) is 4.87. The van der Waals surface area contributed by atoms with E-state index in [1.165, 1.54) is 29.3 Å². The van der Waals surface area contributed by atoms with Crippen LogP contribution in [0.5, 0.6) is 0 Å². The molecule has 0 spiro atoms. The Balaban J connectivity index is 2.34. The van der Waals surface area contributed by atoms with Crippen molar-refractivity contribution in [3.63, 3.8) is 0 Å². The molecule has 0 saturated heterocycles. The lowest BCUT2D eigenvalue weighted by molar-refractivity contribution is 0.483. The largest absolute Gasteiger partial charge is 0.294 e. The van der Waals surface area contributed by atoms with Gasteiger partial charge in [0.1, 0.15) is 5.84 Å². The van der Waals surface area contributed by atoms with Crippen LogP contribution in [0.1, 0.15) is 13.3 Å². The van der Waals surface area contributed by atoms with E-state index in [0.717, 1.165) is 5.71 Å². The summed E-state index contributed by atoms with van der Waals surface area (Å²) in [4.78, 5) is -0.173. The second-order valence-electron chi connectivity index (χ2n) is 3.74. The van der Waals surface area contributed by atoms with Gasteiger partial charge in [0.2, 0.25) is 0 Å². The molecule has 1 aliphatic heterocycles. The summed E-state index contributed by atoms with van der Waals surface area (Å²) in [5.41, 5.74) is 1.42. The molecule has 0 aliphatic carbocycles. The van der Waals surface area contributed by atoms with Gasteiger partial charge in [0.25, 0.3) is 10.1 Å². The summed E-state index contributed by atoms with van der Waals surface area (Å²) >= 11 is 0. The van der Waals surface area contributed by atoms with E-state index in [9.17, 15) is 8.42 Å². The van der Waals surface area contributed by atoms with Gasteiger partial charge in [-0.25, -0.2) is 5.01 Å². The van der Waals surface area contributed by atoms with Crippen LogP contribution >= 0.6 is 0 Å². The zero-order chi connectivity index (χ0) is 12.6. The van der Waals surface area contributed by atoms with E-state index in [0.29, 0.717) is 17.9 Å². The summed E-state index contributed by atoms with van der Waals surface area (Å²) in [7, 11) is -4.18. The highest BCUT2D eigenvalue weighted by Crippen LogP contribution is 2.22. The summed E-state index contributed by atoms with van der Waals surface area (Å²) in [6.07, 6.45) is 0.486. The summed E-state index contributed by atoms with van der Waals surface area (Å²) in [6.45, 7) is 1.82. The maximum Gasteiger partial charge on any atom is 0.294 e. The van der Waals surface area contributed by atoms with Crippen LogP contribution in [0.15, 0.2) is 34.3 Å². The van der Waals surface area contributed by atoms with E-state index < -0.39 is 10.1 Å². The summed E-state index contributed by atoms with van der Waals surface area (Å²) < 4.78 is 30.5. The van der Waals surface area contributed by atoms with E-state index in [2.05, 4.69) is 5.10 Å². The molecule has 0 saturated carbocycles.